The van der Waals surface area contributed by atoms with E-state index in [4.69, 9.17) is 4.74 Å². The Labute approximate surface area is 78.5 Å². The van der Waals surface area contributed by atoms with Gasteiger partial charge < -0.3 is 20.5 Å². The van der Waals surface area contributed by atoms with Gasteiger partial charge in [-0.1, -0.05) is 0 Å². The van der Waals surface area contributed by atoms with Crippen LogP contribution >= 0.6 is 0 Å². The lowest BCUT2D eigenvalue weighted by molar-refractivity contribution is -0.120. The van der Waals surface area contributed by atoms with E-state index in [2.05, 4.69) is 10.6 Å². The fourth-order valence-corrected chi connectivity index (χ4v) is 0.847. The summed E-state index contributed by atoms with van der Waals surface area (Å²) < 4.78 is 4.73. The summed E-state index contributed by atoms with van der Waals surface area (Å²) in [5, 5.41) is 14.6. The van der Waals surface area contributed by atoms with Gasteiger partial charge in [0.25, 0.3) is 0 Å². The Morgan fingerprint density at radius 3 is 2.85 bits per heavy atom. The highest BCUT2D eigenvalue weighted by Crippen LogP contribution is 1.82. The van der Waals surface area contributed by atoms with E-state index < -0.39 is 6.10 Å². The summed E-state index contributed by atoms with van der Waals surface area (Å²) in [5.41, 5.74) is 0. The molecule has 1 unspecified atom stereocenters. The number of rotatable bonds is 7. The molecule has 5 nitrogen and oxygen atoms in total. The zero-order valence-corrected chi connectivity index (χ0v) is 8.17. The molecule has 0 aliphatic rings. The molecule has 0 fully saturated rings. The molecule has 0 saturated heterocycles. The van der Waals surface area contributed by atoms with Crippen LogP contribution in [0.25, 0.3) is 0 Å². The first kappa shape index (κ1) is 12.3. The Morgan fingerprint density at radius 1 is 1.62 bits per heavy atom. The summed E-state index contributed by atoms with van der Waals surface area (Å²) in [5.74, 6) is -0.00580. The van der Waals surface area contributed by atoms with E-state index in [1.165, 1.54) is 7.11 Å². The maximum Gasteiger partial charge on any atom is 0.221 e. The Balaban J connectivity index is 3.20. The number of hydrogen-bond donors (Lipinski definition) is 3. The lowest BCUT2D eigenvalue weighted by atomic mass is 10.3. The smallest absolute Gasteiger partial charge is 0.221 e. The summed E-state index contributed by atoms with van der Waals surface area (Å²) in [4.78, 5) is 10.7. The van der Waals surface area contributed by atoms with Crippen LogP contribution in [0, 0.1) is 0 Å². The maximum atomic E-state index is 10.7. The molecule has 0 saturated carbocycles. The van der Waals surface area contributed by atoms with Crippen LogP contribution in [0.5, 0.6) is 0 Å². The zero-order valence-electron chi connectivity index (χ0n) is 8.17. The molecule has 78 valence electrons. The quantitative estimate of drug-likeness (QED) is 0.437. The van der Waals surface area contributed by atoms with Gasteiger partial charge in [-0.15, -0.1) is 0 Å². The Bertz CT molecular complexity index is 141. The molecular weight excluding hydrogens is 172 g/mol. The molecule has 1 amide bonds. The van der Waals surface area contributed by atoms with Crippen molar-refractivity contribution in [2.24, 2.45) is 0 Å². The molecule has 1 atom stereocenters. The number of aliphatic hydroxyl groups is 1. The third-order valence-electron chi connectivity index (χ3n) is 1.55. The standard InChI is InChI=1S/C8H18N2O3/c1-9-8(12)3-4-10-5-7(11)6-13-2/h7,10-11H,3-6H2,1-2H3,(H,9,12). The van der Waals surface area contributed by atoms with E-state index in [0.29, 0.717) is 26.1 Å². The summed E-state index contributed by atoms with van der Waals surface area (Å²) >= 11 is 0. The minimum atomic E-state index is -0.505. The van der Waals surface area contributed by atoms with E-state index in [1.54, 1.807) is 7.05 Å². The number of hydrogen-bond acceptors (Lipinski definition) is 4. The fourth-order valence-electron chi connectivity index (χ4n) is 0.847. The first-order valence-corrected chi connectivity index (χ1v) is 4.29. The summed E-state index contributed by atoms with van der Waals surface area (Å²) in [6.07, 6.45) is -0.0781. The van der Waals surface area contributed by atoms with Gasteiger partial charge in [0, 0.05) is 33.7 Å². The van der Waals surface area contributed by atoms with Crippen molar-refractivity contribution < 1.29 is 14.6 Å². The molecule has 5 heteroatoms. The van der Waals surface area contributed by atoms with Crippen molar-refractivity contribution in [3.8, 4) is 0 Å². The van der Waals surface area contributed by atoms with E-state index in [0.717, 1.165) is 0 Å². The summed E-state index contributed by atoms with van der Waals surface area (Å²) in [7, 11) is 3.13. The number of aliphatic hydroxyl groups excluding tert-OH is 1. The van der Waals surface area contributed by atoms with Gasteiger partial charge in [0.1, 0.15) is 0 Å². The highest BCUT2D eigenvalue weighted by molar-refractivity contribution is 5.75. The van der Waals surface area contributed by atoms with Crippen molar-refractivity contribution in [2.75, 3.05) is 33.9 Å². The van der Waals surface area contributed by atoms with E-state index in [-0.39, 0.29) is 5.91 Å². The summed E-state index contributed by atoms with van der Waals surface area (Å²) in [6, 6.07) is 0. The van der Waals surface area contributed by atoms with Crippen LogP contribution in [0.2, 0.25) is 0 Å². The number of carbonyl (C=O) groups excluding carboxylic acids is 1. The molecule has 3 N–H and O–H groups in total. The monoisotopic (exact) mass is 190 g/mol. The second-order valence-corrected chi connectivity index (χ2v) is 2.74. The second kappa shape index (κ2) is 7.97. The minimum absolute atomic E-state index is 0.00580. The Morgan fingerprint density at radius 2 is 2.31 bits per heavy atom. The molecule has 0 aromatic rings. The lowest BCUT2D eigenvalue weighted by Gasteiger charge is -2.09. The van der Waals surface area contributed by atoms with E-state index >= 15 is 0 Å². The third kappa shape index (κ3) is 7.70. The molecule has 0 heterocycles. The largest absolute Gasteiger partial charge is 0.389 e. The van der Waals surface area contributed by atoms with Crippen LogP contribution in [-0.4, -0.2) is 51.0 Å². The molecule has 13 heavy (non-hydrogen) atoms. The Kier molecular flexibility index (Phi) is 7.57. The van der Waals surface area contributed by atoms with Gasteiger partial charge >= 0.3 is 0 Å². The number of carbonyl (C=O) groups is 1. The highest BCUT2D eigenvalue weighted by Gasteiger charge is 2.02. The molecule has 0 aliphatic carbocycles. The van der Waals surface area contributed by atoms with Gasteiger partial charge in [0.05, 0.1) is 12.7 Å². The van der Waals surface area contributed by atoms with Crippen LogP contribution < -0.4 is 10.6 Å². The van der Waals surface area contributed by atoms with Crippen molar-refractivity contribution in [3.63, 3.8) is 0 Å². The van der Waals surface area contributed by atoms with Crippen LogP contribution in [0.3, 0.4) is 0 Å². The van der Waals surface area contributed by atoms with Crippen LogP contribution in [0.4, 0.5) is 0 Å². The lowest BCUT2D eigenvalue weighted by Crippen LogP contribution is -2.32. The maximum absolute atomic E-state index is 10.7. The molecular formula is C8H18N2O3. The molecule has 0 aromatic carbocycles. The highest BCUT2D eigenvalue weighted by atomic mass is 16.5. The SMILES string of the molecule is CNC(=O)CCNCC(O)COC. The topological polar surface area (TPSA) is 70.6 Å². The van der Waals surface area contributed by atoms with Crippen molar-refractivity contribution in [3.05, 3.63) is 0 Å². The van der Waals surface area contributed by atoms with E-state index in [9.17, 15) is 9.90 Å². The third-order valence-corrected chi connectivity index (χ3v) is 1.55. The van der Waals surface area contributed by atoms with Crippen LogP contribution in [0.15, 0.2) is 0 Å². The molecule has 0 rings (SSSR count). The second-order valence-electron chi connectivity index (χ2n) is 2.74. The normalized spacial score (nSPS) is 12.5. The number of ether oxygens (including phenoxy) is 1. The van der Waals surface area contributed by atoms with Gasteiger partial charge in [-0.2, -0.15) is 0 Å². The van der Waals surface area contributed by atoms with Crippen molar-refractivity contribution in [1.82, 2.24) is 10.6 Å². The van der Waals surface area contributed by atoms with Gasteiger partial charge in [-0.3, -0.25) is 4.79 Å². The summed E-state index contributed by atoms with van der Waals surface area (Å²) in [6.45, 7) is 1.33. The predicted octanol–water partition coefficient (Wildman–Crippen LogP) is -1.28. The van der Waals surface area contributed by atoms with Gasteiger partial charge in [-0.05, 0) is 0 Å². The first-order valence-electron chi connectivity index (χ1n) is 4.29. The van der Waals surface area contributed by atoms with Gasteiger partial charge in [0.15, 0.2) is 0 Å². The average Bonchev–Trinajstić information content (AvgIpc) is 2.12. The number of methoxy groups -OCH3 is 1. The Hall–Kier alpha value is -0.650. The van der Waals surface area contributed by atoms with Gasteiger partial charge in [-0.25, -0.2) is 0 Å². The van der Waals surface area contributed by atoms with Crippen molar-refractivity contribution in [2.45, 2.75) is 12.5 Å². The fraction of sp³-hybridized carbons (Fsp3) is 0.875. The van der Waals surface area contributed by atoms with Crippen LogP contribution in [-0.2, 0) is 9.53 Å². The molecule has 0 spiro atoms. The van der Waals surface area contributed by atoms with E-state index in [1.807, 2.05) is 0 Å². The van der Waals surface area contributed by atoms with Gasteiger partial charge in [0.2, 0.25) is 5.91 Å². The molecule has 0 bridgehead atoms. The minimum Gasteiger partial charge on any atom is -0.389 e. The van der Waals surface area contributed by atoms with Crippen molar-refractivity contribution >= 4 is 5.91 Å². The molecule has 0 aliphatic heterocycles. The van der Waals surface area contributed by atoms with Crippen LogP contribution in [0.1, 0.15) is 6.42 Å². The molecule has 0 radical (unpaired) electrons. The number of nitrogens with one attached hydrogen (secondary N) is 2. The predicted molar refractivity (Wildman–Crippen MR) is 49.4 cm³/mol. The average molecular weight is 190 g/mol. The zero-order chi connectivity index (χ0) is 10.1. The van der Waals surface area contributed by atoms with Crippen molar-refractivity contribution in [1.29, 1.82) is 0 Å². The molecule has 0 aromatic heterocycles. The number of amides is 1. The first-order chi connectivity index (χ1) is 6.20.